The maximum Gasteiger partial charge on any atom is 0.240 e. The molecule has 2 N–H and O–H groups in total. The van der Waals surface area contributed by atoms with Gasteiger partial charge in [-0.1, -0.05) is 11.6 Å². The van der Waals surface area contributed by atoms with Gasteiger partial charge in [-0.3, -0.25) is 10.1 Å². The number of nitrogens with zero attached hydrogens (tertiary/aromatic N) is 2. The van der Waals surface area contributed by atoms with E-state index in [9.17, 15) is 4.79 Å². The normalized spacial score (nSPS) is 10.2. The number of hydrogen-bond donors (Lipinski definition) is 2. The van der Waals surface area contributed by atoms with Gasteiger partial charge < -0.3 is 14.8 Å². The SMILES string of the molecule is COCCNCC(=O)Nc1nc(Cl)cc(OC)n1. The van der Waals surface area contributed by atoms with Crippen LogP contribution in [-0.2, 0) is 9.53 Å². The van der Waals surface area contributed by atoms with Crippen molar-refractivity contribution in [2.45, 2.75) is 0 Å². The Morgan fingerprint density at radius 2 is 2.22 bits per heavy atom. The van der Waals surface area contributed by atoms with E-state index in [4.69, 9.17) is 21.1 Å². The smallest absolute Gasteiger partial charge is 0.240 e. The molecule has 0 aliphatic carbocycles. The van der Waals surface area contributed by atoms with Gasteiger partial charge in [-0.2, -0.15) is 4.98 Å². The molecule has 1 aromatic heterocycles. The van der Waals surface area contributed by atoms with Gasteiger partial charge in [0.15, 0.2) is 0 Å². The van der Waals surface area contributed by atoms with Crippen LogP contribution in [0.2, 0.25) is 5.15 Å². The number of carbonyl (C=O) groups excluding carboxylic acids is 1. The number of nitrogens with one attached hydrogen (secondary N) is 2. The van der Waals surface area contributed by atoms with Crippen molar-refractivity contribution in [3.8, 4) is 5.88 Å². The van der Waals surface area contributed by atoms with Crippen LogP contribution in [0.25, 0.3) is 0 Å². The molecule has 0 aromatic carbocycles. The maximum absolute atomic E-state index is 11.5. The minimum Gasteiger partial charge on any atom is -0.481 e. The molecule has 7 nitrogen and oxygen atoms in total. The molecule has 8 heteroatoms. The van der Waals surface area contributed by atoms with Crippen molar-refractivity contribution in [2.24, 2.45) is 0 Å². The van der Waals surface area contributed by atoms with Gasteiger partial charge in [0.05, 0.1) is 20.3 Å². The number of ether oxygens (including phenoxy) is 2. The second kappa shape index (κ2) is 7.80. The quantitative estimate of drug-likeness (QED) is 0.550. The van der Waals surface area contributed by atoms with Crippen molar-refractivity contribution < 1.29 is 14.3 Å². The molecule has 0 spiro atoms. The zero-order valence-electron chi connectivity index (χ0n) is 10.2. The predicted octanol–water partition coefficient (Wildman–Crippen LogP) is 0.313. The predicted molar refractivity (Wildman–Crippen MR) is 67.0 cm³/mol. The van der Waals surface area contributed by atoms with Gasteiger partial charge in [0.25, 0.3) is 0 Å². The Kier molecular flexibility index (Phi) is 6.34. The summed E-state index contributed by atoms with van der Waals surface area (Å²) in [6, 6.07) is 1.45. The topological polar surface area (TPSA) is 85.4 Å². The Labute approximate surface area is 110 Å². The van der Waals surface area contributed by atoms with Crippen molar-refractivity contribution in [1.29, 1.82) is 0 Å². The van der Waals surface area contributed by atoms with E-state index in [-0.39, 0.29) is 29.4 Å². The molecule has 0 radical (unpaired) electrons. The molecule has 0 aliphatic rings. The van der Waals surface area contributed by atoms with Crippen LogP contribution in [-0.4, -0.2) is 49.8 Å². The second-order valence-corrected chi connectivity index (χ2v) is 3.66. The Morgan fingerprint density at radius 1 is 1.44 bits per heavy atom. The lowest BCUT2D eigenvalue weighted by atomic mass is 10.5. The van der Waals surface area contributed by atoms with Gasteiger partial charge in [-0.15, -0.1) is 0 Å². The summed E-state index contributed by atoms with van der Waals surface area (Å²) in [4.78, 5) is 19.3. The van der Waals surface area contributed by atoms with Crippen LogP contribution < -0.4 is 15.4 Å². The average molecular weight is 275 g/mol. The van der Waals surface area contributed by atoms with Gasteiger partial charge in [0, 0.05) is 19.7 Å². The standard InChI is InChI=1S/C10H15ClN4O3/c1-17-4-3-12-6-8(16)14-10-13-7(11)5-9(15-10)18-2/h5,12H,3-4,6H2,1-2H3,(H,13,14,15,16). The average Bonchev–Trinajstić information content (AvgIpc) is 2.34. The third kappa shape index (κ3) is 5.26. The van der Waals surface area contributed by atoms with Crippen LogP contribution in [0.3, 0.4) is 0 Å². The third-order valence-electron chi connectivity index (χ3n) is 1.90. The Morgan fingerprint density at radius 3 is 2.89 bits per heavy atom. The second-order valence-electron chi connectivity index (χ2n) is 3.27. The van der Waals surface area contributed by atoms with Gasteiger partial charge in [0.2, 0.25) is 17.7 Å². The summed E-state index contributed by atoms with van der Waals surface area (Å²) < 4.78 is 9.75. The van der Waals surface area contributed by atoms with E-state index in [1.807, 2.05) is 0 Å². The minimum atomic E-state index is -0.268. The van der Waals surface area contributed by atoms with Crippen molar-refractivity contribution in [3.05, 3.63) is 11.2 Å². The highest BCUT2D eigenvalue weighted by Gasteiger charge is 2.07. The first kappa shape index (κ1) is 14.6. The summed E-state index contributed by atoms with van der Waals surface area (Å²) in [5.41, 5.74) is 0. The molecule has 0 fully saturated rings. The molecule has 0 aliphatic heterocycles. The van der Waals surface area contributed by atoms with E-state index in [1.54, 1.807) is 7.11 Å². The molecule has 0 unspecified atom stereocenters. The molecule has 18 heavy (non-hydrogen) atoms. The highest BCUT2D eigenvalue weighted by molar-refractivity contribution is 6.29. The van der Waals surface area contributed by atoms with Gasteiger partial charge in [-0.25, -0.2) is 4.98 Å². The van der Waals surface area contributed by atoms with Crippen LogP contribution in [0, 0.1) is 0 Å². The Hall–Kier alpha value is -1.44. The van der Waals surface area contributed by atoms with E-state index in [2.05, 4.69) is 20.6 Å². The number of aromatic nitrogens is 2. The first-order chi connectivity index (χ1) is 8.65. The summed E-state index contributed by atoms with van der Waals surface area (Å²) in [6.45, 7) is 1.26. The monoisotopic (exact) mass is 274 g/mol. The summed E-state index contributed by atoms with van der Waals surface area (Å²) in [5.74, 6) is 0.131. The van der Waals surface area contributed by atoms with Gasteiger partial charge in [-0.05, 0) is 0 Å². The minimum absolute atomic E-state index is 0.109. The number of rotatable bonds is 7. The third-order valence-corrected chi connectivity index (χ3v) is 2.09. The maximum atomic E-state index is 11.5. The highest BCUT2D eigenvalue weighted by atomic mass is 35.5. The first-order valence-corrected chi connectivity index (χ1v) is 5.61. The number of amides is 1. The van der Waals surface area contributed by atoms with E-state index in [0.717, 1.165) is 0 Å². The number of anilines is 1. The van der Waals surface area contributed by atoms with Crippen LogP contribution in [0.15, 0.2) is 6.07 Å². The van der Waals surface area contributed by atoms with Crippen molar-refractivity contribution in [2.75, 3.05) is 39.2 Å². The van der Waals surface area contributed by atoms with E-state index < -0.39 is 0 Å². The molecule has 1 aromatic rings. The fourth-order valence-electron chi connectivity index (χ4n) is 1.10. The number of hydrogen-bond acceptors (Lipinski definition) is 6. The molecule has 1 amide bonds. The van der Waals surface area contributed by atoms with Crippen LogP contribution >= 0.6 is 11.6 Å². The number of carbonyl (C=O) groups is 1. The lowest BCUT2D eigenvalue weighted by molar-refractivity contribution is -0.115. The summed E-state index contributed by atoms with van der Waals surface area (Å²) >= 11 is 5.74. The lowest BCUT2D eigenvalue weighted by Crippen LogP contribution is -2.30. The number of halogens is 1. The molecular formula is C10H15ClN4O3. The van der Waals surface area contributed by atoms with Crippen molar-refractivity contribution in [1.82, 2.24) is 15.3 Å². The van der Waals surface area contributed by atoms with E-state index in [1.165, 1.54) is 13.2 Å². The van der Waals surface area contributed by atoms with Crippen LogP contribution in [0.4, 0.5) is 5.95 Å². The largest absolute Gasteiger partial charge is 0.481 e. The first-order valence-electron chi connectivity index (χ1n) is 5.23. The molecule has 0 saturated carbocycles. The molecular weight excluding hydrogens is 260 g/mol. The zero-order chi connectivity index (χ0) is 13.4. The molecule has 0 bridgehead atoms. The molecule has 0 atom stereocenters. The van der Waals surface area contributed by atoms with Gasteiger partial charge in [0.1, 0.15) is 5.15 Å². The molecule has 100 valence electrons. The highest BCUT2D eigenvalue weighted by Crippen LogP contribution is 2.15. The van der Waals surface area contributed by atoms with Crippen molar-refractivity contribution in [3.63, 3.8) is 0 Å². The Bertz CT molecular complexity index is 403. The zero-order valence-corrected chi connectivity index (χ0v) is 11.0. The van der Waals surface area contributed by atoms with E-state index in [0.29, 0.717) is 13.2 Å². The lowest BCUT2D eigenvalue weighted by Gasteiger charge is -2.06. The summed E-state index contributed by atoms with van der Waals surface area (Å²) in [6.07, 6.45) is 0. The van der Waals surface area contributed by atoms with Gasteiger partial charge >= 0.3 is 0 Å². The summed E-state index contributed by atoms with van der Waals surface area (Å²) in [5, 5.41) is 5.60. The van der Waals surface area contributed by atoms with Crippen LogP contribution in [0.1, 0.15) is 0 Å². The fraction of sp³-hybridized carbons (Fsp3) is 0.500. The van der Waals surface area contributed by atoms with Crippen molar-refractivity contribution >= 4 is 23.5 Å². The van der Waals surface area contributed by atoms with Crippen LogP contribution in [0.5, 0.6) is 5.88 Å². The number of methoxy groups -OCH3 is 2. The molecule has 1 heterocycles. The summed E-state index contributed by atoms with van der Waals surface area (Å²) in [7, 11) is 3.05. The van der Waals surface area contributed by atoms with E-state index >= 15 is 0 Å². The molecule has 0 saturated heterocycles. The Balaban J connectivity index is 2.46. The fourth-order valence-corrected chi connectivity index (χ4v) is 1.28. The molecule has 1 rings (SSSR count).